The Bertz CT molecular complexity index is 989. The summed E-state index contributed by atoms with van der Waals surface area (Å²) in [6, 6.07) is 15.2. The monoisotopic (exact) mass is 401 g/mol. The lowest BCUT2D eigenvalue weighted by atomic mass is 10.2. The van der Waals surface area contributed by atoms with E-state index in [1.165, 1.54) is 24.4 Å². The number of carbonyl (C=O) groups is 1. The maximum Gasteiger partial charge on any atom is 0.416 e. The number of halogens is 3. The normalized spacial score (nSPS) is 11.0. The van der Waals surface area contributed by atoms with Crippen LogP contribution in [-0.4, -0.2) is 18.0 Å². The highest BCUT2D eigenvalue weighted by Gasteiger charge is 2.30. The summed E-state index contributed by atoms with van der Waals surface area (Å²) >= 11 is 0. The zero-order chi connectivity index (χ0) is 20.9. The van der Waals surface area contributed by atoms with Crippen molar-refractivity contribution in [1.82, 2.24) is 10.3 Å². The molecule has 0 bridgehead atoms. The number of nitrogens with zero attached hydrogens (tertiary/aromatic N) is 1. The maximum atomic E-state index is 12.8. The first-order valence-electron chi connectivity index (χ1n) is 8.66. The van der Waals surface area contributed by atoms with Gasteiger partial charge in [-0.25, -0.2) is 4.98 Å². The molecule has 2 N–H and O–H groups in total. The third-order valence-corrected chi connectivity index (χ3v) is 4.08. The summed E-state index contributed by atoms with van der Waals surface area (Å²) in [6.45, 7) is 0.320. The van der Waals surface area contributed by atoms with Crippen LogP contribution < -0.4 is 15.4 Å². The number of ether oxygens (including phenoxy) is 1. The van der Waals surface area contributed by atoms with Crippen molar-refractivity contribution in [2.45, 2.75) is 12.7 Å². The maximum absolute atomic E-state index is 12.8. The van der Waals surface area contributed by atoms with E-state index in [1.54, 1.807) is 13.2 Å². The number of aromatic nitrogens is 1. The lowest BCUT2D eigenvalue weighted by Crippen LogP contribution is -2.22. The molecule has 3 aromatic rings. The summed E-state index contributed by atoms with van der Waals surface area (Å²) in [5.41, 5.74) is 0.717. The highest BCUT2D eigenvalue weighted by Crippen LogP contribution is 2.31. The van der Waals surface area contributed by atoms with Crippen LogP contribution in [0.3, 0.4) is 0 Å². The SMILES string of the molecule is COc1cccc(CNC(=O)c2ccc(Nc3cccc(C(F)(F)F)c3)nc2)c1. The molecule has 29 heavy (non-hydrogen) atoms. The Hall–Kier alpha value is -3.55. The summed E-state index contributed by atoms with van der Waals surface area (Å²) < 4.78 is 43.5. The molecule has 3 rings (SSSR count). The minimum absolute atomic E-state index is 0.252. The van der Waals surface area contributed by atoms with E-state index in [0.29, 0.717) is 23.7 Å². The van der Waals surface area contributed by atoms with Crippen molar-refractivity contribution in [3.05, 3.63) is 83.6 Å². The number of pyridine rings is 1. The summed E-state index contributed by atoms with van der Waals surface area (Å²) in [5.74, 6) is 0.711. The third kappa shape index (κ3) is 5.47. The van der Waals surface area contributed by atoms with E-state index in [1.807, 2.05) is 24.3 Å². The predicted octanol–water partition coefficient (Wildman–Crippen LogP) is 4.78. The molecule has 0 saturated heterocycles. The first kappa shape index (κ1) is 20.2. The van der Waals surface area contributed by atoms with Gasteiger partial charge < -0.3 is 15.4 Å². The number of rotatable bonds is 6. The number of carbonyl (C=O) groups excluding carboxylic acids is 1. The van der Waals surface area contributed by atoms with E-state index < -0.39 is 11.7 Å². The van der Waals surface area contributed by atoms with Crippen molar-refractivity contribution in [3.63, 3.8) is 0 Å². The van der Waals surface area contributed by atoms with E-state index in [-0.39, 0.29) is 11.6 Å². The first-order chi connectivity index (χ1) is 13.8. The fourth-order valence-corrected chi connectivity index (χ4v) is 2.59. The van der Waals surface area contributed by atoms with Crippen LogP contribution in [0.25, 0.3) is 0 Å². The summed E-state index contributed by atoms with van der Waals surface area (Å²) in [6.07, 6.45) is -3.06. The standard InChI is InChI=1S/C21H18F3N3O2/c1-29-18-7-2-4-14(10-18)12-26-20(28)15-8-9-19(25-13-15)27-17-6-3-5-16(11-17)21(22,23)24/h2-11,13H,12H2,1H3,(H,25,27)(H,26,28). The number of hydrogen-bond acceptors (Lipinski definition) is 4. The van der Waals surface area contributed by atoms with Crippen LogP contribution in [0.5, 0.6) is 5.75 Å². The number of amides is 1. The van der Waals surface area contributed by atoms with Crippen LogP contribution in [0, 0.1) is 0 Å². The van der Waals surface area contributed by atoms with Gasteiger partial charge in [0.1, 0.15) is 11.6 Å². The lowest BCUT2D eigenvalue weighted by molar-refractivity contribution is -0.137. The Morgan fingerprint density at radius 3 is 2.55 bits per heavy atom. The molecular weight excluding hydrogens is 383 g/mol. The fourth-order valence-electron chi connectivity index (χ4n) is 2.59. The van der Waals surface area contributed by atoms with Gasteiger partial charge in [-0.2, -0.15) is 13.2 Å². The molecule has 0 aliphatic heterocycles. The number of anilines is 2. The molecule has 0 spiro atoms. The average molecular weight is 401 g/mol. The second-order valence-electron chi connectivity index (χ2n) is 6.17. The molecular formula is C21H18F3N3O2. The van der Waals surface area contributed by atoms with E-state index in [4.69, 9.17) is 4.74 Å². The fraction of sp³-hybridized carbons (Fsp3) is 0.143. The van der Waals surface area contributed by atoms with Crippen molar-refractivity contribution in [3.8, 4) is 5.75 Å². The van der Waals surface area contributed by atoms with Crippen LogP contribution in [0.1, 0.15) is 21.5 Å². The quantitative estimate of drug-likeness (QED) is 0.624. The largest absolute Gasteiger partial charge is 0.497 e. The van der Waals surface area contributed by atoms with Gasteiger partial charge in [0.15, 0.2) is 0 Å². The summed E-state index contributed by atoms with van der Waals surface area (Å²) in [7, 11) is 1.57. The zero-order valence-corrected chi connectivity index (χ0v) is 15.5. The van der Waals surface area contributed by atoms with E-state index in [0.717, 1.165) is 17.7 Å². The second-order valence-corrected chi connectivity index (χ2v) is 6.17. The predicted molar refractivity (Wildman–Crippen MR) is 103 cm³/mol. The van der Waals surface area contributed by atoms with Gasteiger partial charge in [-0.15, -0.1) is 0 Å². The summed E-state index contributed by atoms with van der Waals surface area (Å²) in [4.78, 5) is 16.4. The van der Waals surface area contributed by atoms with Crippen LogP contribution >= 0.6 is 0 Å². The molecule has 0 aliphatic rings. The van der Waals surface area contributed by atoms with Crippen molar-refractivity contribution in [2.75, 3.05) is 12.4 Å². The highest BCUT2D eigenvalue weighted by molar-refractivity contribution is 5.94. The Labute approximate surface area is 165 Å². The molecule has 0 saturated carbocycles. The molecule has 0 radical (unpaired) electrons. The number of methoxy groups -OCH3 is 1. The highest BCUT2D eigenvalue weighted by atomic mass is 19.4. The first-order valence-corrected chi connectivity index (χ1v) is 8.66. The molecule has 1 heterocycles. The zero-order valence-electron chi connectivity index (χ0n) is 15.5. The molecule has 2 aromatic carbocycles. The van der Waals surface area contributed by atoms with E-state index in [2.05, 4.69) is 15.6 Å². The van der Waals surface area contributed by atoms with Crippen LogP contribution in [0.2, 0.25) is 0 Å². The van der Waals surface area contributed by atoms with Crippen LogP contribution in [-0.2, 0) is 12.7 Å². The minimum Gasteiger partial charge on any atom is -0.497 e. The van der Waals surface area contributed by atoms with Gasteiger partial charge in [-0.3, -0.25) is 4.79 Å². The van der Waals surface area contributed by atoms with Crippen molar-refractivity contribution >= 4 is 17.4 Å². The second kappa shape index (κ2) is 8.64. The average Bonchev–Trinajstić information content (AvgIpc) is 2.72. The molecule has 8 heteroatoms. The molecule has 0 fully saturated rings. The molecule has 1 aromatic heterocycles. The number of hydrogen-bond donors (Lipinski definition) is 2. The Morgan fingerprint density at radius 1 is 1.07 bits per heavy atom. The number of benzene rings is 2. The van der Waals surface area contributed by atoms with Gasteiger partial charge in [0, 0.05) is 18.4 Å². The molecule has 0 aliphatic carbocycles. The molecule has 1 amide bonds. The molecule has 5 nitrogen and oxygen atoms in total. The number of alkyl halides is 3. The van der Waals surface area contributed by atoms with Crippen molar-refractivity contribution in [2.24, 2.45) is 0 Å². The Morgan fingerprint density at radius 2 is 1.86 bits per heavy atom. The molecule has 150 valence electrons. The Kier molecular flexibility index (Phi) is 6.01. The van der Waals surface area contributed by atoms with Gasteiger partial charge in [-0.1, -0.05) is 18.2 Å². The minimum atomic E-state index is -4.42. The van der Waals surface area contributed by atoms with Gasteiger partial charge in [0.05, 0.1) is 18.2 Å². The van der Waals surface area contributed by atoms with Gasteiger partial charge >= 0.3 is 6.18 Å². The van der Waals surface area contributed by atoms with E-state index >= 15 is 0 Å². The van der Waals surface area contributed by atoms with Crippen LogP contribution in [0.4, 0.5) is 24.7 Å². The Balaban J connectivity index is 1.61. The lowest BCUT2D eigenvalue weighted by Gasteiger charge is -2.11. The number of nitrogens with one attached hydrogen (secondary N) is 2. The smallest absolute Gasteiger partial charge is 0.416 e. The van der Waals surface area contributed by atoms with Gasteiger partial charge in [0.25, 0.3) is 5.91 Å². The molecule has 0 unspecified atom stereocenters. The topological polar surface area (TPSA) is 63.2 Å². The van der Waals surface area contributed by atoms with Gasteiger partial charge in [0.2, 0.25) is 0 Å². The van der Waals surface area contributed by atoms with Gasteiger partial charge in [-0.05, 0) is 48.0 Å². The van der Waals surface area contributed by atoms with E-state index in [9.17, 15) is 18.0 Å². The summed E-state index contributed by atoms with van der Waals surface area (Å²) in [5, 5.41) is 5.58. The third-order valence-electron chi connectivity index (χ3n) is 4.08. The molecule has 0 atom stereocenters. The van der Waals surface area contributed by atoms with Crippen molar-refractivity contribution < 1.29 is 22.7 Å². The van der Waals surface area contributed by atoms with Crippen molar-refractivity contribution in [1.29, 1.82) is 0 Å². The van der Waals surface area contributed by atoms with Crippen LogP contribution in [0.15, 0.2) is 66.9 Å².